The van der Waals surface area contributed by atoms with Gasteiger partial charge in [0.25, 0.3) is 6.07 Å². The zero-order chi connectivity index (χ0) is 22.5. The molecule has 10 heteroatoms. The van der Waals surface area contributed by atoms with Crippen molar-refractivity contribution in [2.45, 2.75) is 45.3 Å². The maximum absolute atomic E-state index is 13.4. The highest BCUT2D eigenvalue weighted by Crippen LogP contribution is 2.24. The molecule has 8 nitrogen and oxygen atoms in total. The molecule has 0 radical (unpaired) electrons. The van der Waals surface area contributed by atoms with E-state index in [9.17, 15) is 23.9 Å². The van der Waals surface area contributed by atoms with Crippen LogP contribution in [0.1, 0.15) is 33.6 Å². The number of piperidine rings is 1. The van der Waals surface area contributed by atoms with Gasteiger partial charge in [-0.2, -0.15) is 4.79 Å². The minimum Gasteiger partial charge on any atom is -0.480 e. The van der Waals surface area contributed by atoms with Gasteiger partial charge in [-0.3, -0.25) is 4.90 Å². The van der Waals surface area contributed by atoms with E-state index < -0.39 is 48.0 Å². The molecule has 1 saturated heterocycles. The van der Waals surface area contributed by atoms with E-state index in [1.54, 1.807) is 20.8 Å². The maximum atomic E-state index is 13.4. The number of hydrogen-bond acceptors (Lipinski definition) is 5. The van der Waals surface area contributed by atoms with Gasteiger partial charge in [0.1, 0.15) is 29.1 Å². The molecule has 1 heterocycles. The van der Waals surface area contributed by atoms with E-state index in [0.29, 0.717) is 6.42 Å². The largest absolute Gasteiger partial charge is 0.552 e. The number of benzene rings is 1. The molecule has 1 N–H and O–H groups in total. The molecular weight excluding hydrogens is 419 g/mol. The third-order valence-electron chi connectivity index (χ3n) is 4.12. The van der Waals surface area contributed by atoms with Crippen molar-refractivity contribution in [2.75, 3.05) is 13.2 Å². The van der Waals surface area contributed by atoms with Crippen LogP contribution in [0.5, 0.6) is 5.75 Å². The van der Waals surface area contributed by atoms with Crippen LogP contribution in [0, 0.1) is 17.8 Å². The Labute approximate surface area is 178 Å². The number of rotatable bonds is 4. The smallest absolute Gasteiger partial charge is 0.480 e. The second kappa shape index (κ2) is 9.76. The Morgan fingerprint density at radius 1 is 1.33 bits per heavy atom. The maximum Gasteiger partial charge on any atom is 0.552 e. The molecule has 162 valence electrons. The molecule has 1 unspecified atom stereocenters. The highest BCUT2D eigenvalue weighted by molar-refractivity contribution is 6.30. The molecule has 0 bridgehead atoms. The molecule has 1 aliphatic heterocycles. The Balaban J connectivity index is 1.98. The molecule has 1 aromatic rings. The van der Waals surface area contributed by atoms with Crippen LogP contribution in [0.2, 0.25) is 5.02 Å². The van der Waals surface area contributed by atoms with Crippen molar-refractivity contribution in [2.24, 2.45) is 5.92 Å². The fourth-order valence-corrected chi connectivity index (χ4v) is 2.88. The second-order valence-corrected chi connectivity index (χ2v) is 8.17. The Hall–Kier alpha value is -2.86. The van der Waals surface area contributed by atoms with E-state index in [0.717, 1.165) is 11.0 Å². The second-order valence-electron chi connectivity index (χ2n) is 7.76. The molecular formula is C20H23ClFN2O6+. The molecule has 1 aliphatic rings. The summed E-state index contributed by atoms with van der Waals surface area (Å²) in [5, 5.41) is 9.31. The van der Waals surface area contributed by atoms with Crippen molar-refractivity contribution in [3.05, 3.63) is 33.9 Å². The number of aliphatic carboxylic acids is 1. The summed E-state index contributed by atoms with van der Waals surface area (Å²) >= 11 is 5.58. The average Bonchev–Trinajstić information content (AvgIpc) is 2.65. The van der Waals surface area contributed by atoms with Crippen LogP contribution in [0.15, 0.2) is 18.2 Å². The van der Waals surface area contributed by atoms with Crippen LogP contribution in [0.3, 0.4) is 0 Å². The number of carbonyl (C=O) groups is 3. The van der Waals surface area contributed by atoms with Crippen LogP contribution in [0.4, 0.5) is 9.18 Å². The zero-order valence-corrected chi connectivity index (χ0v) is 17.6. The van der Waals surface area contributed by atoms with Crippen LogP contribution in [0.25, 0.3) is 4.85 Å². The van der Waals surface area contributed by atoms with Gasteiger partial charge in [-0.15, -0.1) is 0 Å². The predicted molar refractivity (Wildman–Crippen MR) is 106 cm³/mol. The van der Waals surface area contributed by atoms with E-state index >= 15 is 0 Å². The highest BCUT2D eigenvalue weighted by atomic mass is 35.5. The number of carboxylic acids is 1. The van der Waals surface area contributed by atoms with Gasteiger partial charge < -0.3 is 14.6 Å². The number of hydrogen-bond donors (Lipinski definition) is 1. The Bertz CT molecular complexity index is 890. The van der Waals surface area contributed by atoms with E-state index in [1.165, 1.54) is 12.1 Å². The molecule has 1 fully saturated rings. The minimum absolute atomic E-state index is 0.00587. The van der Waals surface area contributed by atoms with Crippen molar-refractivity contribution in [3.8, 4) is 11.8 Å². The zero-order valence-electron chi connectivity index (χ0n) is 16.9. The van der Waals surface area contributed by atoms with Crippen LogP contribution in [-0.2, 0) is 14.3 Å². The first-order valence-corrected chi connectivity index (χ1v) is 9.63. The molecule has 0 aromatic heterocycles. The molecule has 0 spiro atoms. The van der Waals surface area contributed by atoms with E-state index in [2.05, 4.69) is 10.9 Å². The number of amides is 2. The Morgan fingerprint density at radius 2 is 2.03 bits per heavy atom. The quantitative estimate of drug-likeness (QED) is 0.762. The summed E-state index contributed by atoms with van der Waals surface area (Å²) in [6, 6.07) is 5.40. The summed E-state index contributed by atoms with van der Waals surface area (Å²) in [4.78, 5) is 40.6. The first kappa shape index (κ1) is 23.4. The fraction of sp³-hybridized carbons (Fsp3) is 0.500. The van der Waals surface area contributed by atoms with E-state index in [-0.39, 0.29) is 23.7 Å². The number of carbonyl (C=O) groups excluding carboxylic acids is 2. The first-order chi connectivity index (χ1) is 14.0. The lowest BCUT2D eigenvalue weighted by molar-refractivity contribution is -0.144. The van der Waals surface area contributed by atoms with Gasteiger partial charge in [0.05, 0.1) is 5.02 Å². The molecule has 2 atom stereocenters. The summed E-state index contributed by atoms with van der Waals surface area (Å²) in [6.07, 6.45) is -0.187. The van der Waals surface area contributed by atoms with Gasteiger partial charge in [-0.05, 0) is 45.7 Å². The molecule has 0 aliphatic carbocycles. The van der Waals surface area contributed by atoms with Crippen LogP contribution < -0.4 is 4.74 Å². The van der Waals surface area contributed by atoms with Gasteiger partial charge in [0.2, 0.25) is 6.61 Å². The number of carboxylic acid groups (broad SMARTS) is 1. The van der Waals surface area contributed by atoms with E-state index in [1.807, 2.05) is 0 Å². The predicted octanol–water partition coefficient (Wildman–Crippen LogP) is 3.82. The topological polar surface area (TPSA) is 97.5 Å². The fourth-order valence-electron chi connectivity index (χ4n) is 2.76. The lowest BCUT2D eigenvalue weighted by Gasteiger charge is -2.35. The summed E-state index contributed by atoms with van der Waals surface area (Å²) in [5.41, 5.74) is -0.778. The summed E-state index contributed by atoms with van der Waals surface area (Å²) in [6.45, 7) is 4.61. The lowest BCUT2D eigenvalue weighted by Crippen LogP contribution is -2.51. The molecule has 2 rings (SSSR count). The number of nitrogens with zero attached hydrogens (tertiary/aromatic N) is 2. The number of halogens is 2. The highest BCUT2D eigenvalue weighted by Gasteiger charge is 2.39. The molecule has 2 amide bonds. The van der Waals surface area contributed by atoms with Gasteiger partial charge in [-0.25, -0.2) is 14.0 Å². The normalized spacial score (nSPS) is 18.8. The van der Waals surface area contributed by atoms with Gasteiger partial charge in [0, 0.05) is 17.5 Å². The third-order valence-corrected chi connectivity index (χ3v) is 4.43. The molecule has 30 heavy (non-hydrogen) atoms. The monoisotopic (exact) mass is 441 g/mol. The average molecular weight is 442 g/mol. The van der Waals surface area contributed by atoms with Crippen LogP contribution in [-0.4, -0.2) is 52.8 Å². The van der Waals surface area contributed by atoms with Crippen LogP contribution >= 0.6 is 11.6 Å². The number of ether oxygens (including phenoxy) is 2. The minimum atomic E-state index is -1.13. The molecule has 1 aromatic carbocycles. The van der Waals surface area contributed by atoms with Crippen molar-refractivity contribution >= 4 is 29.6 Å². The number of likely N-dealkylation sites (tertiary alicyclic amines) is 1. The summed E-state index contributed by atoms with van der Waals surface area (Å²) < 4.78 is 23.8. The van der Waals surface area contributed by atoms with E-state index in [4.69, 9.17) is 21.1 Å². The van der Waals surface area contributed by atoms with Gasteiger partial charge >= 0.3 is 18.0 Å². The van der Waals surface area contributed by atoms with Crippen molar-refractivity contribution in [3.63, 3.8) is 0 Å². The van der Waals surface area contributed by atoms with Gasteiger partial charge in [0.15, 0.2) is 0 Å². The van der Waals surface area contributed by atoms with Crippen molar-refractivity contribution in [1.29, 1.82) is 0 Å². The SMILES string of the molecule is CC(C)(C)OC(=O)N1CC(C#[N+]C(=O)COc2ccc(Cl)c(F)c2)CC[C@@H]1C(=O)O. The summed E-state index contributed by atoms with van der Waals surface area (Å²) in [7, 11) is 0. The molecule has 0 saturated carbocycles. The van der Waals surface area contributed by atoms with Gasteiger partial charge in [-0.1, -0.05) is 11.6 Å². The Morgan fingerprint density at radius 3 is 2.63 bits per heavy atom. The Kier molecular flexibility index (Phi) is 7.62. The van der Waals surface area contributed by atoms with Crippen molar-refractivity contribution < 1.29 is 33.4 Å². The van der Waals surface area contributed by atoms with Crippen molar-refractivity contribution in [1.82, 2.24) is 4.90 Å². The first-order valence-electron chi connectivity index (χ1n) is 9.25. The standard InChI is InChI=1S/C20H22ClFN2O6/c1-20(2,3)30-19(28)24-10-12(4-7-16(24)18(26)27)9-23-17(25)11-29-13-5-6-14(21)15(22)8-13/h5-6,8,12,16H,4,7,10-11H2,1-3H3/p+1/t12?,16-/m1/s1. The third kappa shape index (κ3) is 6.88. The summed E-state index contributed by atoms with van der Waals surface area (Å²) in [5.74, 6) is -2.77. The lowest BCUT2D eigenvalue weighted by atomic mass is 9.94.